The molecule has 0 spiro atoms. The van der Waals surface area contributed by atoms with E-state index in [1.165, 1.54) is 12.1 Å². The molecule has 0 aliphatic heterocycles. The molecule has 7 heteroatoms. The monoisotopic (exact) mass is 433 g/mol. The van der Waals surface area contributed by atoms with Gasteiger partial charge in [-0.05, 0) is 60.9 Å². The van der Waals surface area contributed by atoms with E-state index in [9.17, 15) is 13.2 Å². The van der Waals surface area contributed by atoms with Crippen molar-refractivity contribution in [3.63, 3.8) is 0 Å². The summed E-state index contributed by atoms with van der Waals surface area (Å²) in [5.74, 6) is -0.172. The molecular weight excluding hydrogens is 410 g/mol. The molecule has 0 aliphatic rings. The van der Waals surface area contributed by atoms with Gasteiger partial charge in [0.25, 0.3) is 10.0 Å². The van der Waals surface area contributed by atoms with Crippen LogP contribution in [0, 0.1) is 13.8 Å². The topological polar surface area (TPSA) is 91.1 Å². The summed E-state index contributed by atoms with van der Waals surface area (Å²) in [5, 5.41) is 3.83. The molecule has 0 aliphatic carbocycles. The highest BCUT2D eigenvalue weighted by Crippen LogP contribution is 2.24. The summed E-state index contributed by atoms with van der Waals surface area (Å²) in [6.45, 7) is 3.72. The van der Waals surface area contributed by atoms with Crippen LogP contribution in [0.2, 0.25) is 0 Å². The molecule has 3 aromatic carbocycles. The van der Waals surface area contributed by atoms with Crippen LogP contribution in [0.1, 0.15) is 16.7 Å². The first-order valence-corrected chi connectivity index (χ1v) is 11.4. The molecule has 4 rings (SSSR count). The number of hydrogen-bond donors (Lipinski definition) is 3. The summed E-state index contributed by atoms with van der Waals surface area (Å²) in [5.41, 5.74) is 4.71. The second kappa shape index (κ2) is 8.28. The van der Waals surface area contributed by atoms with Crippen LogP contribution in [0.4, 0.5) is 11.4 Å². The van der Waals surface area contributed by atoms with Crippen LogP contribution >= 0.6 is 0 Å². The highest BCUT2D eigenvalue weighted by atomic mass is 32.2. The van der Waals surface area contributed by atoms with Crippen molar-refractivity contribution in [2.45, 2.75) is 25.2 Å². The number of rotatable bonds is 6. The number of aromatic amines is 1. The first kappa shape index (κ1) is 20.7. The van der Waals surface area contributed by atoms with Gasteiger partial charge in [0.05, 0.1) is 17.0 Å². The largest absolute Gasteiger partial charge is 0.361 e. The third-order valence-electron chi connectivity index (χ3n) is 5.19. The maximum atomic E-state index is 12.8. The van der Waals surface area contributed by atoms with Crippen LogP contribution < -0.4 is 10.0 Å². The van der Waals surface area contributed by atoms with Crippen molar-refractivity contribution in [1.29, 1.82) is 0 Å². The number of aromatic nitrogens is 1. The lowest BCUT2D eigenvalue weighted by molar-refractivity contribution is -0.115. The van der Waals surface area contributed by atoms with Crippen molar-refractivity contribution in [3.8, 4) is 0 Å². The zero-order valence-corrected chi connectivity index (χ0v) is 18.1. The Labute approximate surface area is 181 Å². The molecule has 0 bridgehead atoms. The third kappa shape index (κ3) is 4.46. The van der Waals surface area contributed by atoms with Gasteiger partial charge in [0.1, 0.15) is 0 Å². The van der Waals surface area contributed by atoms with Crippen molar-refractivity contribution in [1.82, 2.24) is 4.98 Å². The van der Waals surface area contributed by atoms with Crippen LogP contribution in [-0.2, 0) is 21.2 Å². The molecule has 0 radical (unpaired) electrons. The van der Waals surface area contributed by atoms with Gasteiger partial charge in [-0.15, -0.1) is 0 Å². The highest BCUT2D eigenvalue weighted by Gasteiger charge is 2.17. The molecular formula is C24H23N3O3S. The molecule has 1 heterocycles. The van der Waals surface area contributed by atoms with Crippen LogP contribution in [-0.4, -0.2) is 19.3 Å². The minimum absolute atomic E-state index is 0.129. The molecule has 4 aromatic rings. The van der Waals surface area contributed by atoms with Crippen LogP contribution in [0.15, 0.2) is 77.8 Å². The standard InChI is InChI=1S/C24H23N3O3S/c1-16-6-5-7-17(2)24(16)27-31(29,30)20-12-10-19(11-13-20)26-23(28)14-18-15-25-22-9-4-3-8-21(18)22/h3-13,15,25,27H,14H2,1-2H3,(H,26,28). The molecule has 1 aromatic heterocycles. The maximum absolute atomic E-state index is 12.8. The Morgan fingerprint density at radius 3 is 2.29 bits per heavy atom. The number of fused-ring (bicyclic) bond motifs is 1. The van der Waals surface area contributed by atoms with E-state index in [2.05, 4.69) is 15.0 Å². The molecule has 158 valence electrons. The van der Waals surface area contributed by atoms with E-state index >= 15 is 0 Å². The molecule has 0 unspecified atom stereocenters. The van der Waals surface area contributed by atoms with Crippen molar-refractivity contribution in [2.24, 2.45) is 0 Å². The van der Waals surface area contributed by atoms with Crippen LogP contribution in [0.3, 0.4) is 0 Å². The molecule has 3 N–H and O–H groups in total. The number of hydrogen-bond acceptors (Lipinski definition) is 3. The number of anilines is 2. The molecule has 0 saturated carbocycles. The lowest BCUT2D eigenvalue weighted by Crippen LogP contribution is -2.16. The normalized spacial score (nSPS) is 11.4. The van der Waals surface area contributed by atoms with Gasteiger partial charge in [-0.3, -0.25) is 9.52 Å². The SMILES string of the molecule is Cc1cccc(C)c1NS(=O)(=O)c1ccc(NC(=O)Cc2c[nH]c3ccccc23)cc1. The van der Waals surface area contributed by atoms with Gasteiger partial charge < -0.3 is 10.3 Å². The maximum Gasteiger partial charge on any atom is 0.261 e. The van der Waals surface area contributed by atoms with E-state index in [1.807, 2.05) is 62.5 Å². The number of para-hydroxylation sites is 2. The minimum Gasteiger partial charge on any atom is -0.361 e. The Bertz CT molecular complexity index is 1340. The van der Waals surface area contributed by atoms with Crippen molar-refractivity contribution < 1.29 is 13.2 Å². The van der Waals surface area contributed by atoms with Gasteiger partial charge in [0.2, 0.25) is 5.91 Å². The second-order valence-electron chi connectivity index (χ2n) is 7.48. The smallest absolute Gasteiger partial charge is 0.261 e. The van der Waals surface area contributed by atoms with E-state index < -0.39 is 10.0 Å². The predicted molar refractivity (Wildman–Crippen MR) is 124 cm³/mol. The second-order valence-corrected chi connectivity index (χ2v) is 9.16. The average molecular weight is 434 g/mol. The predicted octanol–water partition coefficient (Wildman–Crippen LogP) is 4.77. The van der Waals surface area contributed by atoms with E-state index in [1.54, 1.807) is 12.1 Å². The van der Waals surface area contributed by atoms with Crippen molar-refractivity contribution in [3.05, 3.63) is 89.6 Å². The number of amides is 1. The molecule has 6 nitrogen and oxygen atoms in total. The number of benzene rings is 3. The quantitative estimate of drug-likeness (QED) is 0.409. The van der Waals surface area contributed by atoms with Crippen molar-refractivity contribution >= 4 is 38.2 Å². The summed E-state index contributed by atoms with van der Waals surface area (Å²) in [7, 11) is -3.74. The Morgan fingerprint density at radius 1 is 0.903 bits per heavy atom. The number of carbonyl (C=O) groups excluding carboxylic acids is 1. The minimum atomic E-state index is -3.74. The number of carbonyl (C=O) groups is 1. The fourth-order valence-corrected chi connectivity index (χ4v) is 4.75. The van der Waals surface area contributed by atoms with Gasteiger partial charge in [-0.2, -0.15) is 0 Å². The van der Waals surface area contributed by atoms with Gasteiger partial charge in [-0.1, -0.05) is 36.4 Å². The summed E-state index contributed by atoms with van der Waals surface area (Å²) in [6, 6.07) is 19.5. The summed E-state index contributed by atoms with van der Waals surface area (Å²) >= 11 is 0. The zero-order chi connectivity index (χ0) is 22.0. The molecule has 1 amide bonds. The zero-order valence-electron chi connectivity index (χ0n) is 17.3. The van der Waals surface area contributed by atoms with E-state index in [-0.39, 0.29) is 17.2 Å². The van der Waals surface area contributed by atoms with E-state index in [0.717, 1.165) is 27.6 Å². The van der Waals surface area contributed by atoms with Gasteiger partial charge in [-0.25, -0.2) is 8.42 Å². The van der Waals surface area contributed by atoms with Crippen LogP contribution in [0.5, 0.6) is 0 Å². The van der Waals surface area contributed by atoms with Crippen molar-refractivity contribution in [2.75, 3.05) is 10.0 Å². The summed E-state index contributed by atoms with van der Waals surface area (Å²) < 4.78 is 28.2. The first-order valence-electron chi connectivity index (χ1n) is 9.87. The lowest BCUT2D eigenvalue weighted by atomic mass is 10.1. The average Bonchev–Trinajstić information content (AvgIpc) is 3.14. The molecule has 31 heavy (non-hydrogen) atoms. The van der Waals surface area contributed by atoms with Gasteiger partial charge in [0.15, 0.2) is 0 Å². The molecule has 0 atom stereocenters. The van der Waals surface area contributed by atoms with E-state index in [4.69, 9.17) is 0 Å². The van der Waals surface area contributed by atoms with Crippen LogP contribution in [0.25, 0.3) is 10.9 Å². The Balaban J connectivity index is 1.45. The third-order valence-corrected chi connectivity index (χ3v) is 6.56. The highest BCUT2D eigenvalue weighted by molar-refractivity contribution is 7.92. The fourth-order valence-electron chi connectivity index (χ4n) is 3.54. The Hall–Kier alpha value is -3.58. The number of H-pyrrole nitrogens is 1. The molecule has 0 fully saturated rings. The van der Waals surface area contributed by atoms with E-state index in [0.29, 0.717) is 11.4 Å². The summed E-state index contributed by atoms with van der Waals surface area (Å²) in [6.07, 6.45) is 2.05. The number of sulfonamides is 1. The number of aryl methyl sites for hydroxylation is 2. The van der Waals surface area contributed by atoms with Gasteiger partial charge >= 0.3 is 0 Å². The Morgan fingerprint density at radius 2 is 1.58 bits per heavy atom. The summed E-state index contributed by atoms with van der Waals surface area (Å²) in [4.78, 5) is 15.8. The first-order chi connectivity index (χ1) is 14.8. The lowest BCUT2D eigenvalue weighted by Gasteiger charge is -2.13. The Kier molecular flexibility index (Phi) is 5.52. The number of nitrogens with one attached hydrogen (secondary N) is 3. The molecule has 0 saturated heterocycles. The van der Waals surface area contributed by atoms with Gasteiger partial charge in [0, 0.05) is 22.8 Å². The fraction of sp³-hybridized carbons (Fsp3) is 0.125.